The van der Waals surface area contributed by atoms with E-state index in [1.807, 2.05) is 0 Å². The number of halogens is 1. The van der Waals surface area contributed by atoms with Crippen LogP contribution in [0.25, 0.3) is 0 Å². The maximum absolute atomic E-state index is 5.31. The van der Waals surface area contributed by atoms with Gasteiger partial charge < -0.3 is 21.9 Å². The molecule has 3 rings (SSSR count). The maximum atomic E-state index is 5.31. The Bertz CT molecular complexity index is 885. The molecule has 0 aliphatic carbocycles. The number of aryl methyl sites for hydroxylation is 3. The first kappa shape index (κ1) is 30.5. The number of hydrogen-bond donors (Lipinski definition) is 0. The minimum atomic E-state index is -1.73. The predicted octanol–water partition coefficient (Wildman–Crippen LogP) is 4.26. The summed E-state index contributed by atoms with van der Waals surface area (Å²) >= 11 is 0. The Kier molecular flexibility index (Phi) is 13.2. The minimum absolute atomic E-state index is 0. The normalized spacial score (nSPS) is 11.5. The summed E-state index contributed by atoms with van der Waals surface area (Å²) in [5, 5.41) is 4.50. The van der Waals surface area contributed by atoms with Crippen LogP contribution in [0, 0.1) is 20.8 Å². The van der Waals surface area contributed by atoms with E-state index in [2.05, 4.69) is 93.6 Å². The summed E-state index contributed by atoms with van der Waals surface area (Å²) in [4.78, 5) is 0. The highest BCUT2D eigenvalue weighted by Gasteiger charge is 2.44. The molecule has 3 aromatic rings. The van der Waals surface area contributed by atoms with E-state index in [-0.39, 0.29) is 18.7 Å². The van der Waals surface area contributed by atoms with Gasteiger partial charge in [0.15, 0.2) is 6.29 Å². The van der Waals surface area contributed by atoms with Gasteiger partial charge in [-0.2, -0.15) is 0 Å². The van der Waals surface area contributed by atoms with E-state index >= 15 is 0 Å². The van der Waals surface area contributed by atoms with Crippen molar-refractivity contribution in [2.75, 3.05) is 20.4 Å². The Morgan fingerprint density at radius 3 is 1.22 bits per heavy atom. The Morgan fingerprint density at radius 2 is 0.861 bits per heavy atom. The lowest BCUT2D eigenvalue weighted by Crippen LogP contribution is -3.00. The largest absolute Gasteiger partial charge is 1.00 e. The first-order valence-corrected chi connectivity index (χ1v) is 15.1. The van der Waals surface area contributed by atoms with Crippen LogP contribution < -0.4 is 28.3 Å². The molecule has 0 unspecified atom stereocenters. The van der Waals surface area contributed by atoms with E-state index < -0.39 is 7.26 Å². The van der Waals surface area contributed by atoms with Gasteiger partial charge in [-0.25, -0.2) is 0 Å². The van der Waals surface area contributed by atoms with Gasteiger partial charge in [0.25, 0.3) is 0 Å². The highest BCUT2D eigenvalue weighted by Crippen LogP contribution is 2.56. The zero-order chi connectivity index (χ0) is 25.1. The molecule has 0 aliphatic rings. The van der Waals surface area contributed by atoms with Gasteiger partial charge in [-0.05, 0) is 82.9 Å². The second-order valence-electron chi connectivity index (χ2n) is 9.85. The molecule has 36 heavy (non-hydrogen) atoms. The Hall–Kier alpha value is -1.70. The van der Waals surface area contributed by atoms with Crippen LogP contribution in [0.2, 0.25) is 0 Å². The molecule has 0 aliphatic heterocycles. The molecule has 0 aromatic heterocycles. The minimum Gasteiger partial charge on any atom is -1.00 e. The summed E-state index contributed by atoms with van der Waals surface area (Å²) in [7, 11) is 1.72. The quantitative estimate of drug-likeness (QED) is 0.177. The van der Waals surface area contributed by atoms with Crippen LogP contribution in [0.5, 0.6) is 0 Å². The van der Waals surface area contributed by atoms with Crippen molar-refractivity contribution in [2.24, 2.45) is 0 Å². The average Bonchev–Trinajstić information content (AvgIpc) is 2.87. The van der Waals surface area contributed by atoms with Crippen LogP contribution in [0.3, 0.4) is 0 Å². The fourth-order valence-electron chi connectivity index (χ4n) is 4.93. The zero-order valence-electron chi connectivity index (χ0n) is 22.8. The number of ether oxygens (including phenoxy) is 2. The van der Waals surface area contributed by atoms with Gasteiger partial charge in [-0.1, -0.05) is 72.4 Å². The number of methoxy groups -OCH3 is 2. The highest BCUT2D eigenvalue weighted by molar-refractivity contribution is 7.95. The average molecular weight is 527 g/mol. The molecule has 196 valence electrons. The monoisotopic (exact) mass is 526 g/mol. The van der Waals surface area contributed by atoms with Crippen molar-refractivity contribution >= 4 is 23.2 Å². The molecule has 0 atom stereocenters. The molecule has 0 fully saturated rings. The van der Waals surface area contributed by atoms with Crippen LogP contribution in [0.15, 0.2) is 72.8 Å². The van der Waals surface area contributed by atoms with Crippen LogP contribution in [0.4, 0.5) is 0 Å². The number of unbranched alkanes of at least 4 members (excludes halogenated alkanes) is 5. The topological polar surface area (TPSA) is 18.5 Å². The second-order valence-corrected chi connectivity index (χ2v) is 13.5. The van der Waals surface area contributed by atoms with Crippen molar-refractivity contribution in [3.63, 3.8) is 0 Å². The second kappa shape index (κ2) is 15.5. The molecule has 0 saturated heterocycles. The Labute approximate surface area is 226 Å². The van der Waals surface area contributed by atoms with E-state index in [0.717, 1.165) is 6.42 Å². The number of hydrogen-bond acceptors (Lipinski definition) is 2. The standard InChI is InChI=1S/C32H44O2P.ClH/c1-26-13-19-29(20-14-26)35(30-21-15-27(2)16-22-30,31-23-17-28(3)18-24-31)25-11-9-7-6-8-10-12-32(33-4)34-5;/h13-24,32H,6-12,25H2,1-5H3;1H/q+1;/p-1. The van der Waals surface area contributed by atoms with Crippen LogP contribution >= 0.6 is 7.26 Å². The molecule has 0 heterocycles. The summed E-state index contributed by atoms with van der Waals surface area (Å²) in [5.74, 6) is 0. The van der Waals surface area contributed by atoms with Gasteiger partial charge in [-0.3, -0.25) is 0 Å². The fourth-order valence-corrected chi connectivity index (χ4v) is 9.27. The van der Waals surface area contributed by atoms with E-state index in [0.29, 0.717) is 0 Å². The fraction of sp³-hybridized carbons (Fsp3) is 0.438. The maximum Gasteiger partial charge on any atom is 0.156 e. The lowest BCUT2D eigenvalue weighted by molar-refractivity contribution is -0.107. The molecule has 2 nitrogen and oxygen atoms in total. The summed E-state index contributed by atoms with van der Waals surface area (Å²) in [6, 6.07) is 28.1. The first-order chi connectivity index (χ1) is 17.0. The number of rotatable bonds is 14. The SMILES string of the molecule is COC(CCCCCCCC[P+](c1ccc(C)cc1)(c1ccc(C)cc1)c1ccc(C)cc1)OC.[Cl-]. The Balaban J connectivity index is 0.00000456. The lowest BCUT2D eigenvalue weighted by Gasteiger charge is -2.28. The van der Waals surface area contributed by atoms with Crippen molar-refractivity contribution in [1.29, 1.82) is 0 Å². The van der Waals surface area contributed by atoms with Gasteiger partial charge in [-0.15, -0.1) is 0 Å². The van der Waals surface area contributed by atoms with Gasteiger partial charge in [0.1, 0.15) is 23.2 Å². The molecule has 0 bridgehead atoms. The molecule has 0 radical (unpaired) electrons. The zero-order valence-corrected chi connectivity index (χ0v) is 24.5. The van der Waals surface area contributed by atoms with Gasteiger partial charge in [0.05, 0.1) is 6.16 Å². The molecular formula is C32H44ClO2P. The van der Waals surface area contributed by atoms with E-state index in [1.165, 1.54) is 77.3 Å². The predicted molar refractivity (Wildman–Crippen MR) is 154 cm³/mol. The summed E-state index contributed by atoms with van der Waals surface area (Å²) < 4.78 is 10.6. The number of benzene rings is 3. The summed E-state index contributed by atoms with van der Waals surface area (Å²) in [6.45, 7) is 6.55. The summed E-state index contributed by atoms with van der Waals surface area (Å²) in [5.41, 5.74) is 3.97. The van der Waals surface area contributed by atoms with Crippen LogP contribution in [0.1, 0.15) is 61.6 Å². The van der Waals surface area contributed by atoms with Gasteiger partial charge in [0.2, 0.25) is 0 Å². The molecular weight excluding hydrogens is 483 g/mol. The van der Waals surface area contributed by atoms with Crippen molar-refractivity contribution < 1.29 is 21.9 Å². The van der Waals surface area contributed by atoms with Crippen LogP contribution in [-0.4, -0.2) is 26.7 Å². The van der Waals surface area contributed by atoms with Crippen molar-refractivity contribution in [1.82, 2.24) is 0 Å². The third-order valence-electron chi connectivity index (χ3n) is 7.13. The molecule has 0 amide bonds. The Morgan fingerprint density at radius 1 is 0.528 bits per heavy atom. The third kappa shape index (κ3) is 8.15. The molecule has 0 N–H and O–H groups in total. The highest BCUT2D eigenvalue weighted by atomic mass is 35.5. The lowest BCUT2D eigenvalue weighted by atomic mass is 10.1. The molecule has 4 heteroatoms. The first-order valence-electron chi connectivity index (χ1n) is 13.1. The smallest absolute Gasteiger partial charge is 0.156 e. The third-order valence-corrected chi connectivity index (χ3v) is 11.7. The van der Waals surface area contributed by atoms with E-state index in [9.17, 15) is 0 Å². The van der Waals surface area contributed by atoms with Crippen LogP contribution in [-0.2, 0) is 9.47 Å². The summed E-state index contributed by atoms with van der Waals surface area (Å²) in [6.07, 6.45) is 9.67. The molecule has 0 spiro atoms. The van der Waals surface area contributed by atoms with Gasteiger partial charge in [0, 0.05) is 14.2 Å². The van der Waals surface area contributed by atoms with Crippen molar-refractivity contribution in [3.05, 3.63) is 89.5 Å². The van der Waals surface area contributed by atoms with E-state index in [4.69, 9.17) is 9.47 Å². The molecule has 0 saturated carbocycles. The van der Waals surface area contributed by atoms with Gasteiger partial charge >= 0.3 is 0 Å². The van der Waals surface area contributed by atoms with Crippen molar-refractivity contribution in [2.45, 2.75) is 72.0 Å². The molecule has 3 aromatic carbocycles. The van der Waals surface area contributed by atoms with E-state index in [1.54, 1.807) is 14.2 Å². The van der Waals surface area contributed by atoms with Crippen molar-refractivity contribution in [3.8, 4) is 0 Å².